The van der Waals surface area contributed by atoms with Crippen molar-refractivity contribution in [3.05, 3.63) is 64.7 Å². The second-order valence-electron chi connectivity index (χ2n) is 10.3. The Hall–Kier alpha value is -3.27. The van der Waals surface area contributed by atoms with Gasteiger partial charge in [0.2, 0.25) is 5.91 Å². The molecule has 206 valence electrons. The summed E-state index contributed by atoms with van der Waals surface area (Å²) < 4.78 is 40.7. The zero-order chi connectivity index (χ0) is 27.4. The SMILES string of the molecule is CC1c2cccc(NCC(=O)N(CCN(C)C(=O)O)Cc3ccccc3C(F)(F)F)c2CCN1CC1CC1. The zero-order valence-electron chi connectivity index (χ0n) is 21.8. The highest BCUT2D eigenvalue weighted by molar-refractivity contribution is 5.81. The molecule has 0 spiro atoms. The first-order chi connectivity index (χ1) is 18.0. The summed E-state index contributed by atoms with van der Waals surface area (Å²) in [5.41, 5.74) is 2.41. The van der Waals surface area contributed by atoms with Crippen LogP contribution in [0.3, 0.4) is 0 Å². The van der Waals surface area contributed by atoms with Gasteiger partial charge in [-0.15, -0.1) is 0 Å². The fourth-order valence-electron chi connectivity index (χ4n) is 5.05. The minimum absolute atomic E-state index is 0.0235. The Balaban J connectivity index is 1.48. The monoisotopic (exact) mass is 532 g/mol. The first-order valence-electron chi connectivity index (χ1n) is 13.0. The molecule has 1 atom stereocenters. The van der Waals surface area contributed by atoms with Crippen molar-refractivity contribution in [3.8, 4) is 0 Å². The van der Waals surface area contributed by atoms with Gasteiger partial charge >= 0.3 is 12.3 Å². The minimum atomic E-state index is -4.56. The second kappa shape index (κ2) is 11.6. The van der Waals surface area contributed by atoms with E-state index in [0.717, 1.165) is 42.1 Å². The number of nitrogens with zero attached hydrogens (tertiary/aromatic N) is 3. The van der Waals surface area contributed by atoms with Crippen molar-refractivity contribution in [2.75, 3.05) is 45.1 Å². The summed E-state index contributed by atoms with van der Waals surface area (Å²) in [7, 11) is 1.36. The third-order valence-corrected chi connectivity index (χ3v) is 7.55. The Bertz CT molecular complexity index is 1150. The maximum atomic E-state index is 13.6. The van der Waals surface area contributed by atoms with E-state index in [4.69, 9.17) is 0 Å². The molecule has 4 rings (SSSR count). The molecule has 0 radical (unpaired) electrons. The number of carboxylic acid groups (broad SMARTS) is 1. The third-order valence-electron chi connectivity index (χ3n) is 7.55. The van der Waals surface area contributed by atoms with Gasteiger partial charge in [0.25, 0.3) is 0 Å². The maximum Gasteiger partial charge on any atom is 0.416 e. The van der Waals surface area contributed by atoms with Crippen LogP contribution in [0.2, 0.25) is 0 Å². The molecule has 2 aromatic rings. The Morgan fingerprint density at radius 1 is 1.11 bits per heavy atom. The summed E-state index contributed by atoms with van der Waals surface area (Å²) in [6.45, 7) is 3.81. The van der Waals surface area contributed by atoms with Crippen LogP contribution < -0.4 is 5.32 Å². The van der Waals surface area contributed by atoms with Gasteiger partial charge in [0.1, 0.15) is 0 Å². The van der Waals surface area contributed by atoms with Crippen LogP contribution in [-0.2, 0) is 23.9 Å². The average molecular weight is 533 g/mol. The normalized spacial score (nSPS) is 17.6. The number of benzene rings is 2. The summed E-state index contributed by atoms with van der Waals surface area (Å²) in [6.07, 6.45) is -2.28. The van der Waals surface area contributed by atoms with Crippen molar-refractivity contribution in [3.63, 3.8) is 0 Å². The highest BCUT2D eigenvalue weighted by Gasteiger charge is 2.34. The predicted octanol–water partition coefficient (Wildman–Crippen LogP) is 5.09. The molecule has 1 aliphatic heterocycles. The number of likely N-dealkylation sites (N-methyl/N-ethyl adjacent to an activating group) is 1. The molecular weight excluding hydrogens is 497 g/mol. The summed E-state index contributed by atoms with van der Waals surface area (Å²) in [6, 6.07) is 11.4. The summed E-state index contributed by atoms with van der Waals surface area (Å²) in [5, 5.41) is 12.4. The third kappa shape index (κ3) is 6.78. The van der Waals surface area contributed by atoms with Gasteiger partial charge in [-0.25, -0.2) is 4.79 Å². The highest BCUT2D eigenvalue weighted by Crippen LogP contribution is 2.38. The fraction of sp³-hybridized carbons (Fsp3) is 0.500. The van der Waals surface area contributed by atoms with Crippen molar-refractivity contribution in [1.29, 1.82) is 0 Å². The number of nitrogens with one attached hydrogen (secondary N) is 1. The molecule has 38 heavy (non-hydrogen) atoms. The Labute approximate surface area is 221 Å². The molecule has 0 saturated heterocycles. The van der Waals surface area contributed by atoms with Crippen LogP contribution in [-0.4, -0.2) is 71.6 Å². The first-order valence-corrected chi connectivity index (χ1v) is 13.0. The quantitative estimate of drug-likeness (QED) is 0.446. The van der Waals surface area contributed by atoms with Crippen molar-refractivity contribution >= 4 is 17.7 Å². The number of fused-ring (bicyclic) bond motifs is 1. The van der Waals surface area contributed by atoms with Crippen molar-refractivity contribution < 1.29 is 27.9 Å². The molecule has 1 aliphatic carbocycles. The van der Waals surface area contributed by atoms with Crippen LogP contribution in [0.15, 0.2) is 42.5 Å². The first kappa shape index (κ1) is 27.8. The van der Waals surface area contributed by atoms with Crippen LogP contribution in [0, 0.1) is 5.92 Å². The molecule has 2 amide bonds. The number of anilines is 1. The van der Waals surface area contributed by atoms with Crippen LogP contribution in [0.4, 0.5) is 23.7 Å². The van der Waals surface area contributed by atoms with E-state index >= 15 is 0 Å². The van der Waals surface area contributed by atoms with Crippen molar-refractivity contribution in [1.82, 2.24) is 14.7 Å². The largest absolute Gasteiger partial charge is 0.465 e. The molecule has 7 nitrogen and oxygen atoms in total. The summed E-state index contributed by atoms with van der Waals surface area (Å²) in [5.74, 6) is 0.393. The molecule has 2 N–H and O–H groups in total. The minimum Gasteiger partial charge on any atom is -0.465 e. The van der Waals surface area contributed by atoms with Crippen molar-refractivity contribution in [2.24, 2.45) is 5.92 Å². The van der Waals surface area contributed by atoms with E-state index in [1.54, 1.807) is 0 Å². The molecule has 0 aromatic heterocycles. The van der Waals surface area contributed by atoms with E-state index in [1.807, 2.05) is 12.1 Å². The van der Waals surface area contributed by atoms with Gasteiger partial charge in [0.05, 0.1) is 12.1 Å². The van der Waals surface area contributed by atoms with E-state index in [-0.39, 0.29) is 37.8 Å². The number of halogens is 3. The molecule has 10 heteroatoms. The number of carbonyl (C=O) groups excluding carboxylic acids is 1. The van der Waals surface area contributed by atoms with Crippen LogP contribution in [0.25, 0.3) is 0 Å². The summed E-state index contributed by atoms with van der Waals surface area (Å²) >= 11 is 0. The molecule has 1 fully saturated rings. The van der Waals surface area contributed by atoms with Gasteiger partial charge in [0.15, 0.2) is 0 Å². The van der Waals surface area contributed by atoms with E-state index in [9.17, 15) is 27.9 Å². The van der Waals surface area contributed by atoms with Gasteiger partial charge in [-0.05, 0) is 60.9 Å². The second-order valence-corrected chi connectivity index (χ2v) is 10.3. The highest BCUT2D eigenvalue weighted by atomic mass is 19.4. The Kier molecular flexibility index (Phi) is 8.50. The van der Waals surface area contributed by atoms with Gasteiger partial charge in [-0.1, -0.05) is 30.3 Å². The Morgan fingerprint density at radius 3 is 2.53 bits per heavy atom. The number of rotatable bonds is 10. The Morgan fingerprint density at radius 2 is 1.84 bits per heavy atom. The van der Waals surface area contributed by atoms with Crippen molar-refractivity contribution in [2.45, 2.75) is 44.9 Å². The van der Waals surface area contributed by atoms with Crippen LogP contribution >= 0.6 is 0 Å². The smallest absolute Gasteiger partial charge is 0.416 e. The molecule has 1 saturated carbocycles. The molecule has 2 aromatic carbocycles. The molecule has 1 heterocycles. The molecule has 0 bridgehead atoms. The lowest BCUT2D eigenvalue weighted by atomic mass is 9.92. The van der Waals surface area contributed by atoms with Gasteiger partial charge < -0.3 is 20.2 Å². The molecule has 1 unspecified atom stereocenters. The standard InChI is InChI=1S/C28H35F3N4O3/c1-19-22-7-5-9-25(23(22)12-13-34(19)17-20-10-11-20)32-16-26(36)35(15-14-33(2)27(37)38)18-21-6-3-4-8-24(21)28(29,30)31/h3-9,19-20,32H,10-18H2,1-2H3,(H,37,38). The lowest BCUT2D eigenvalue weighted by Gasteiger charge is -2.36. The number of alkyl halides is 3. The molecular formula is C28H35F3N4O3. The maximum absolute atomic E-state index is 13.6. The summed E-state index contributed by atoms with van der Waals surface area (Å²) in [4.78, 5) is 29.3. The fourth-order valence-corrected chi connectivity index (χ4v) is 5.05. The number of amides is 2. The van der Waals surface area contributed by atoms with E-state index in [2.05, 4.69) is 23.2 Å². The number of hydrogen-bond donors (Lipinski definition) is 2. The lowest BCUT2D eigenvalue weighted by Crippen LogP contribution is -2.41. The van der Waals surface area contributed by atoms with Gasteiger partial charge in [-0.2, -0.15) is 13.2 Å². The number of carbonyl (C=O) groups is 2. The topological polar surface area (TPSA) is 76.1 Å². The van der Waals surface area contributed by atoms with Crippen LogP contribution in [0.1, 0.15) is 48.1 Å². The van der Waals surface area contributed by atoms with E-state index in [1.165, 1.54) is 54.1 Å². The van der Waals surface area contributed by atoms with E-state index in [0.29, 0.717) is 0 Å². The molecule has 2 aliphatic rings. The van der Waals surface area contributed by atoms with E-state index < -0.39 is 23.7 Å². The predicted molar refractivity (Wildman–Crippen MR) is 139 cm³/mol. The lowest BCUT2D eigenvalue weighted by molar-refractivity contribution is -0.139. The van der Waals surface area contributed by atoms with Gasteiger partial charge in [0, 0.05) is 51.5 Å². The number of hydrogen-bond acceptors (Lipinski definition) is 4. The zero-order valence-corrected chi connectivity index (χ0v) is 21.8. The van der Waals surface area contributed by atoms with Crippen LogP contribution in [0.5, 0.6) is 0 Å². The average Bonchev–Trinajstić information content (AvgIpc) is 3.70. The van der Waals surface area contributed by atoms with Gasteiger partial charge in [-0.3, -0.25) is 9.69 Å².